The molecule has 0 radical (unpaired) electrons. The summed E-state index contributed by atoms with van der Waals surface area (Å²) >= 11 is 5.79. The first-order chi connectivity index (χ1) is 12.5. The lowest BCUT2D eigenvalue weighted by Gasteiger charge is -2.14. The summed E-state index contributed by atoms with van der Waals surface area (Å²) in [4.78, 5) is 16.6. The number of nitrogens with one attached hydrogen (secondary N) is 2. The lowest BCUT2D eigenvalue weighted by atomic mass is 10.1. The summed E-state index contributed by atoms with van der Waals surface area (Å²) in [6, 6.07) is 17.2. The predicted octanol–water partition coefficient (Wildman–Crippen LogP) is 5.11. The maximum atomic E-state index is 13.2. The zero-order chi connectivity index (χ0) is 18.5. The molecule has 2 N–H and O–H groups in total. The Morgan fingerprint density at radius 2 is 1.81 bits per heavy atom. The van der Waals surface area contributed by atoms with Crippen LogP contribution in [0.5, 0.6) is 0 Å². The van der Waals surface area contributed by atoms with Crippen LogP contribution in [-0.4, -0.2) is 10.9 Å². The Bertz CT molecular complexity index is 918. The van der Waals surface area contributed by atoms with Crippen LogP contribution >= 0.6 is 11.6 Å². The molecule has 4 nitrogen and oxygen atoms in total. The topological polar surface area (TPSA) is 54.0 Å². The Morgan fingerprint density at radius 3 is 2.54 bits per heavy atom. The third-order valence-electron chi connectivity index (χ3n) is 3.85. The van der Waals surface area contributed by atoms with Gasteiger partial charge >= 0.3 is 0 Å². The zero-order valence-corrected chi connectivity index (χ0v) is 14.8. The fourth-order valence-corrected chi connectivity index (χ4v) is 2.65. The molecule has 0 spiro atoms. The number of nitrogens with zero attached hydrogens (tertiary/aromatic N) is 1. The van der Waals surface area contributed by atoms with E-state index in [-0.39, 0.29) is 22.7 Å². The lowest BCUT2D eigenvalue weighted by molar-refractivity contribution is 0.0935. The molecule has 1 aromatic heterocycles. The maximum Gasteiger partial charge on any atom is 0.270 e. The van der Waals surface area contributed by atoms with E-state index in [0.717, 1.165) is 5.56 Å². The second-order valence-electron chi connectivity index (χ2n) is 5.79. The molecule has 3 aromatic rings. The normalized spacial score (nSPS) is 11.7. The van der Waals surface area contributed by atoms with Crippen molar-refractivity contribution in [2.45, 2.75) is 13.0 Å². The van der Waals surface area contributed by atoms with Crippen LogP contribution < -0.4 is 10.6 Å². The number of pyridine rings is 1. The first-order valence-electron chi connectivity index (χ1n) is 8.07. The maximum absolute atomic E-state index is 13.2. The van der Waals surface area contributed by atoms with E-state index in [4.69, 9.17) is 11.6 Å². The molecule has 0 bridgehead atoms. The molecule has 26 heavy (non-hydrogen) atoms. The molecular weight excluding hydrogens is 353 g/mol. The third-order valence-corrected chi connectivity index (χ3v) is 4.14. The second-order valence-corrected chi connectivity index (χ2v) is 6.20. The lowest BCUT2D eigenvalue weighted by Crippen LogP contribution is -2.27. The van der Waals surface area contributed by atoms with E-state index in [1.165, 1.54) is 18.3 Å². The highest BCUT2D eigenvalue weighted by Crippen LogP contribution is 2.23. The monoisotopic (exact) mass is 369 g/mol. The van der Waals surface area contributed by atoms with Gasteiger partial charge in [0.05, 0.1) is 11.1 Å². The fraction of sp³-hybridized carbons (Fsp3) is 0.100. The van der Waals surface area contributed by atoms with Crippen molar-refractivity contribution in [3.05, 3.63) is 89.0 Å². The number of carbonyl (C=O) groups excluding carboxylic acids is 1. The van der Waals surface area contributed by atoms with Gasteiger partial charge in [-0.3, -0.25) is 9.78 Å². The highest BCUT2D eigenvalue weighted by molar-refractivity contribution is 6.31. The third kappa shape index (κ3) is 4.37. The zero-order valence-electron chi connectivity index (χ0n) is 14.0. The number of amides is 1. The van der Waals surface area contributed by atoms with Gasteiger partial charge in [0.15, 0.2) is 0 Å². The number of hydrogen-bond donors (Lipinski definition) is 2. The van der Waals surface area contributed by atoms with Crippen LogP contribution in [-0.2, 0) is 0 Å². The van der Waals surface area contributed by atoms with Gasteiger partial charge in [-0.05, 0) is 42.8 Å². The molecule has 6 heteroatoms. The Balaban J connectivity index is 1.72. The van der Waals surface area contributed by atoms with Gasteiger partial charge in [-0.2, -0.15) is 0 Å². The van der Waals surface area contributed by atoms with E-state index < -0.39 is 5.82 Å². The van der Waals surface area contributed by atoms with Gasteiger partial charge in [-0.1, -0.05) is 41.9 Å². The molecule has 0 fully saturated rings. The number of anilines is 2. The summed E-state index contributed by atoms with van der Waals surface area (Å²) in [7, 11) is 0. The van der Waals surface area contributed by atoms with Crippen molar-refractivity contribution in [1.29, 1.82) is 0 Å². The van der Waals surface area contributed by atoms with Gasteiger partial charge < -0.3 is 10.6 Å². The minimum atomic E-state index is -0.484. The molecule has 0 aliphatic carbocycles. The Morgan fingerprint density at radius 1 is 1.08 bits per heavy atom. The predicted molar refractivity (Wildman–Crippen MR) is 101 cm³/mol. The number of carbonyl (C=O) groups is 1. The minimum absolute atomic E-state index is 0.0266. The van der Waals surface area contributed by atoms with Crippen LogP contribution in [0.4, 0.5) is 15.8 Å². The Kier molecular flexibility index (Phi) is 5.49. The van der Waals surface area contributed by atoms with Crippen LogP contribution in [0.25, 0.3) is 0 Å². The molecule has 0 saturated heterocycles. The summed E-state index contributed by atoms with van der Waals surface area (Å²) in [5, 5.41) is 6.03. The van der Waals surface area contributed by atoms with Crippen molar-refractivity contribution in [2.24, 2.45) is 0 Å². The number of benzene rings is 2. The number of rotatable bonds is 5. The van der Waals surface area contributed by atoms with Gasteiger partial charge in [0.1, 0.15) is 11.5 Å². The van der Waals surface area contributed by atoms with E-state index in [2.05, 4.69) is 15.6 Å². The molecule has 1 amide bonds. The first kappa shape index (κ1) is 17.9. The van der Waals surface area contributed by atoms with Crippen molar-refractivity contribution in [3.8, 4) is 0 Å². The van der Waals surface area contributed by atoms with Crippen molar-refractivity contribution < 1.29 is 9.18 Å². The Labute approximate surface area is 156 Å². The first-order valence-corrected chi connectivity index (χ1v) is 8.44. The van der Waals surface area contributed by atoms with Gasteiger partial charge in [0, 0.05) is 17.6 Å². The molecule has 0 saturated carbocycles. The molecule has 132 valence electrons. The molecule has 0 aliphatic heterocycles. The van der Waals surface area contributed by atoms with Crippen LogP contribution in [0, 0.1) is 5.82 Å². The van der Waals surface area contributed by atoms with Crippen molar-refractivity contribution in [2.75, 3.05) is 5.32 Å². The Hall–Kier alpha value is -2.92. The molecule has 3 rings (SSSR count). The van der Waals surface area contributed by atoms with Gasteiger partial charge in [0.2, 0.25) is 0 Å². The van der Waals surface area contributed by atoms with E-state index in [1.807, 2.05) is 37.3 Å². The van der Waals surface area contributed by atoms with E-state index in [0.29, 0.717) is 11.4 Å². The molecule has 1 atom stereocenters. The fourth-order valence-electron chi connectivity index (χ4n) is 2.47. The van der Waals surface area contributed by atoms with Crippen LogP contribution in [0.1, 0.15) is 29.0 Å². The van der Waals surface area contributed by atoms with E-state index >= 15 is 0 Å². The minimum Gasteiger partial charge on any atom is -0.355 e. The average molecular weight is 370 g/mol. The second kappa shape index (κ2) is 7.97. The molecule has 0 aliphatic rings. The summed E-state index contributed by atoms with van der Waals surface area (Å²) in [5.74, 6) is -0.760. The standard InChI is InChI=1S/C20H17ClFN3O/c1-13(14-5-3-2-4-6-14)24-20(26)19-12-16(9-10-23-19)25-15-7-8-18(22)17(21)11-15/h2-13H,1H3,(H,23,25)(H,24,26). The van der Waals surface area contributed by atoms with Gasteiger partial charge in [-0.15, -0.1) is 0 Å². The highest BCUT2D eigenvalue weighted by Gasteiger charge is 2.13. The van der Waals surface area contributed by atoms with E-state index in [9.17, 15) is 9.18 Å². The molecule has 2 aromatic carbocycles. The highest BCUT2D eigenvalue weighted by atomic mass is 35.5. The van der Waals surface area contributed by atoms with Crippen molar-refractivity contribution >= 4 is 28.9 Å². The number of aromatic nitrogens is 1. The average Bonchev–Trinajstić information content (AvgIpc) is 2.65. The SMILES string of the molecule is CC(NC(=O)c1cc(Nc2ccc(F)c(Cl)c2)ccn1)c1ccccc1. The number of halogens is 2. The molecule has 1 heterocycles. The molecular formula is C20H17ClFN3O. The quantitative estimate of drug-likeness (QED) is 0.657. The van der Waals surface area contributed by atoms with Crippen LogP contribution in [0.15, 0.2) is 66.9 Å². The van der Waals surface area contributed by atoms with Gasteiger partial charge in [0.25, 0.3) is 5.91 Å². The summed E-state index contributed by atoms with van der Waals surface area (Å²) in [6.07, 6.45) is 1.54. The van der Waals surface area contributed by atoms with E-state index in [1.54, 1.807) is 18.2 Å². The number of hydrogen-bond acceptors (Lipinski definition) is 3. The summed E-state index contributed by atoms with van der Waals surface area (Å²) in [6.45, 7) is 1.91. The largest absolute Gasteiger partial charge is 0.355 e. The van der Waals surface area contributed by atoms with Crippen LogP contribution in [0.2, 0.25) is 5.02 Å². The van der Waals surface area contributed by atoms with Crippen molar-refractivity contribution in [1.82, 2.24) is 10.3 Å². The summed E-state index contributed by atoms with van der Waals surface area (Å²) in [5.41, 5.74) is 2.56. The molecule has 1 unspecified atom stereocenters. The van der Waals surface area contributed by atoms with Gasteiger partial charge in [-0.25, -0.2) is 4.39 Å². The van der Waals surface area contributed by atoms with Crippen LogP contribution in [0.3, 0.4) is 0 Å². The van der Waals surface area contributed by atoms with Crippen molar-refractivity contribution in [3.63, 3.8) is 0 Å². The summed E-state index contributed by atoms with van der Waals surface area (Å²) < 4.78 is 13.2. The smallest absolute Gasteiger partial charge is 0.270 e.